The first-order valence-corrected chi connectivity index (χ1v) is 8.37. The predicted octanol–water partition coefficient (Wildman–Crippen LogP) is 3.46. The van der Waals surface area contributed by atoms with Crippen molar-refractivity contribution in [1.82, 2.24) is 9.88 Å². The molecule has 0 unspecified atom stereocenters. The van der Waals surface area contributed by atoms with Crippen LogP contribution in [-0.4, -0.2) is 33.8 Å². The van der Waals surface area contributed by atoms with Crippen molar-refractivity contribution >= 4 is 40.2 Å². The number of carbonyl (C=O) groups excluding carboxylic acids is 1. The number of aromatic nitrogens is 1. The molecule has 1 aromatic heterocycles. The molecule has 0 spiro atoms. The molecule has 2 aromatic rings. The van der Waals surface area contributed by atoms with Crippen molar-refractivity contribution in [3.8, 4) is 0 Å². The van der Waals surface area contributed by atoms with Crippen LogP contribution < -0.4 is 0 Å². The van der Waals surface area contributed by atoms with Crippen molar-refractivity contribution in [2.24, 2.45) is 0 Å². The minimum Gasteiger partial charge on any atom is -0.358 e. The Labute approximate surface area is 127 Å². The first kappa shape index (κ1) is 13.8. The summed E-state index contributed by atoms with van der Waals surface area (Å²) in [6, 6.07) is 5.88. The molecule has 0 aliphatic carbocycles. The summed E-state index contributed by atoms with van der Waals surface area (Å²) >= 11 is 7.69. The molecular formula is C15H17ClN2OS. The average Bonchev–Trinajstić information content (AvgIpc) is 2.82. The maximum atomic E-state index is 12.3. The van der Waals surface area contributed by atoms with E-state index in [0.717, 1.165) is 28.9 Å². The molecule has 1 atom stereocenters. The Kier molecular flexibility index (Phi) is 3.69. The molecule has 0 bridgehead atoms. The van der Waals surface area contributed by atoms with Crippen LogP contribution in [0.1, 0.15) is 18.2 Å². The van der Waals surface area contributed by atoms with Crippen molar-refractivity contribution in [3.63, 3.8) is 0 Å². The predicted molar refractivity (Wildman–Crippen MR) is 85.4 cm³/mol. The van der Waals surface area contributed by atoms with Crippen molar-refractivity contribution in [2.75, 3.05) is 12.8 Å². The summed E-state index contributed by atoms with van der Waals surface area (Å²) in [5.41, 5.74) is 3.56. The van der Waals surface area contributed by atoms with Gasteiger partial charge in [0.25, 0.3) is 0 Å². The molecule has 0 fully saturated rings. The topological polar surface area (TPSA) is 36.1 Å². The van der Waals surface area contributed by atoms with Crippen LogP contribution in [0, 0.1) is 0 Å². The largest absolute Gasteiger partial charge is 0.358 e. The van der Waals surface area contributed by atoms with E-state index in [1.807, 2.05) is 36.3 Å². The van der Waals surface area contributed by atoms with E-state index in [2.05, 4.69) is 4.98 Å². The van der Waals surface area contributed by atoms with Gasteiger partial charge in [0.2, 0.25) is 5.91 Å². The number of amides is 1. The van der Waals surface area contributed by atoms with E-state index in [9.17, 15) is 4.79 Å². The second-order valence-corrected chi connectivity index (χ2v) is 6.77. The van der Waals surface area contributed by atoms with Crippen molar-refractivity contribution in [2.45, 2.75) is 25.1 Å². The molecule has 3 rings (SSSR count). The van der Waals surface area contributed by atoms with Gasteiger partial charge in [0.05, 0.1) is 5.25 Å². The highest BCUT2D eigenvalue weighted by molar-refractivity contribution is 7.99. The third-order valence-electron chi connectivity index (χ3n) is 3.95. The third-order valence-corrected chi connectivity index (χ3v) is 5.09. The lowest BCUT2D eigenvalue weighted by molar-refractivity contribution is -0.131. The van der Waals surface area contributed by atoms with E-state index >= 15 is 0 Å². The number of fused-ring (bicyclic) bond motifs is 3. The normalized spacial score (nSPS) is 16.2. The van der Waals surface area contributed by atoms with Crippen molar-refractivity contribution in [3.05, 3.63) is 34.5 Å². The van der Waals surface area contributed by atoms with Gasteiger partial charge in [-0.3, -0.25) is 4.79 Å². The fraction of sp³-hybridized carbons (Fsp3) is 0.400. The molecule has 0 saturated carbocycles. The second kappa shape index (κ2) is 5.34. The van der Waals surface area contributed by atoms with Crippen molar-refractivity contribution < 1.29 is 4.79 Å². The molecule has 5 heteroatoms. The number of hydrogen-bond donors (Lipinski definition) is 1. The highest BCUT2D eigenvalue weighted by Gasteiger charge is 2.26. The van der Waals surface area contributed by atoms with Crippen LogP contribution in [0.3, 0.4) is 0 Å². The molecule has 1 N–H and O–H groups in total. The number of rotatable bonds is 2. The minimum atomic E-state index is 0.0188. The molecule has 1 amide bonds. The molecule has 1 aromatic carbocycles. The number of carbonyl (C=O) groups is 1. The van der Waals surface area contributed by atoms with Crippen LogP contribution in [0.2, 0.25) is 5.02 Å². The van der Waals surface area contributed by atoms with Gasteiger partial charge in [-0.1, -0.05) is 11.6 Å². The van der Waals surface area contributed by atoms with Crippen LogP contribution in [0.5, 0.6) is 0 Å². The Morgan fingerprint density at radius 3 is 3.05 bits per heavy atom. The maximum absolute atomic E-state index is 12.3. The Hall–Kier alpha value is -1.13. The zero-order chi connectivity index (χ0) is 14.3. The smallest absolute Gasteiger partial charge is 0.235 e. The summed E-state index contributed by atoms with van der Waals surface area (Å²) in [5.74, 6) is 0.222. The number of H-pyrrole nitrogens is 1. The molecule has 3 nitrogen and oxygen atoms in total. The van der Waals surface area contributed by atoms with Crippen LogP contribution in [-0.2, 0) is 17.8 Å². The van der Waals surface area contributed by atoms with Gasteiger partial charge in [-0.25, -0.2) is 0 Å². The number of hydrogen-bond acceptors (Lipinski definition) is 2. The van der Waals surface area contributed by atoms with Crippen LogP contribution in [0.25, 0.3) is 10.9 Å². The Morgan fingerprint density at radius 1 is 1.50 bits per heavy atom. The quantitative estimate of drug-likeness (QED) is 0.922. The van der Waals surface area contributed by atoms with E-state index in [1.54, 1.807) is 11.8 Å². The van der Waals surface area contributed by atoms with Crippen molar-refractivity contribution in [1.29, 1.82) is 0 Å². The van der Waals surface area contributed by atoms with Gasteiger partial charge in [0, 0.05) is 46.7 Å². The van der Waals surface area contributed by atoms with Gasteiger partial charge in [-0.2, -0.15) is 11.8 Å². The van der Waals surface area contributed by atoms with Gasteiger partial charge in [-0.15, -0.1) is 0 Å². The second-order valence-electron chi connectivity index (χ2n) is 5.16. The van der Waals surface area contributed by atoms with E-state index in [0.29, 0.717) is 6.54 Å². The summed E-state index contributed by atoms with van der Waals surface area (Å²) < 4.78 is 0. The number of nitrogens with one attached hydrogen (secondary N) is 1. The Morgan fingerprint density at radius 2 is 2.30 bits per heavy atom. The van der Waals surface area contributed by atoms with Gasteiger partial charge in [0.1, 0.15) is 0 Å². The molecule has 2 heterocycles. The number of thioether (sulfide) groups is 1. The third kappa shape index (κ3) is 2.31. The summed E-state index contributed by atoms with van der Waals surface area (Å²) in [4.78, 5) is 17.7. The summed E-state index contributed by atoms with van der Waals surface area (Å²) in [6.45, 7) is 3.44. The molecule has 20 heavy (non-hydrogen) atoms. The lowest BCUT2D eigenvalue weighted by Crippen LogP contribution is -2.39. The number of nitrogens with zero attached hydrogens (tertiary/aromatic N) is 1. The molecular weight excluding hydrogens is 292 g/mol. The fourth-order valence-electron chi connectivity index (χ4n) is 2.73. The van der Waals surface area contributed by atoms with Gasteiger partial charge < -0.3 is 9.88 Å². The van der Waals surface area contributed by atoms with Gasteiger partial charge in [-0.05, 0) is 31.4 Å². The highest BCUT2D eigenvalue weighted by atomic mass is 35.5. The van der Waals surface area contributed by atoms with Gasteiger partial charge in [0.15, 0.2) is 0 Å². The molecule has 1 aliphatic heterocycles. The van der Waals surface area contributed by atoms with E-state index in [1.165, 1.54) is 11.3 Å². The zero-order valence-corrected chi connectivity index (χ0v) is 13.1. The lowest BCUT2D eigenvalue weighted by atomic mass is 10.0. The van der Waals surface area contributed by atoms with E-state index in [4.69, 9.17) is 11.6 Å². The minimum absolute atomic E-state index is 0.0188. The summed E-state index contributed by atoms with van der Waals surface area (Å²) in [5, 5.41) is 1.90. The standard InChI is InChI=1S/C15H17ClN2OS/c1-9(20-2)15(19)18-6-5-14-12(8-18)11-7-10(16)3-4-13(11)17-14/h3-4,7,9,17H,5-6,8H2,1-2H3/t9-/m1/s1. The Bertz CT molecular complexity index is 667. The summed E-state index contributed by atoms with van der Waals surface area (Å²) in [6.07, 6.45) is 2.86. The fourth-order valence-corrected chi connectivity index (χ4v) is 3.26. The van der Waals surface area contributed by atoms with E-state index in [-0.39, 0.29) is 11.2 Å². The van der Waals surface area contributed by atoms with Crippen LogP contribution in [0.4, 0.5) is 0 Å². The first-order valence-electron chi connectivity index (χ1n) is 6.70. The number of benzene rings is 1. The maximum Gasteiger partial charge on any atom is 0.235 e. The molecule has 106 valence electrons. The van der Waals surface area contributed by atoms with Crippen LogP contribution >= 0.6 is 23.4 Å². The SMILES string of the molecule is CS[C@H](C)C(=O)N1CCc2[nH]c3ccc(Cl)cc3c2C1. The monoisotopic (exact) mass is 308 g/mol. The van der Waals surface area contributed by atoms with Crippen LogP contribution in [0.15, 0.2) is 18.2 Å². The molecule has 1 aliphatic rings. The lowest BCUT2D eigenvalue weighted by Gasteiger charge is -2.29. The highest BCUT2D eigenvalue weighted by Crippen LogP contribution is 2.30. The number of aromatic amines is 1. The zero-order valence-electron chi connectivity index (χ0n) is 11.6. The first-order chi connectivity index (χ1) is 9.60. The van der Waals surface area contributed by atoms with Gasteiger partial charge >= 0.3 is 0 Å². The Balaban J connectivity index is 1.96. The number of halogens is 1. The van der Waals surface area contributed by atoms with E-state index < -0.39 is 0 Å². The average molecular weight is 309 g/mol. The summed E-state index contributed by atoms with van der Waals surface area (Å²) in [7, 11) is 0. The molecule has 0 radical (unpaired) electrons. The molecule has 0 saturated heterocycles.